The summed E-state index contributed by atoms with van der Waals surface area (Å²) in [6.07, 6.45) is 1.96. The molecule has 0 bridgehead atoms. The molecule has 1 amide bonds. The molecule has 0 atom stereocenters. The number of hydrogen-bond donors (Lipinski definition) is 1. The third-order valence-corrected chi connectivity index (χ3v) is 3.44. The van der Waals surface area contributed by atoms with Crippen molar-refractivity contribution in [3.63, 3.8) is 0 Å². The highest BCUT2D eigenvalue weighted by atomic mass is 16.5. The molecule has 18 heavy (non-hydrogen) atoms. The Hall–Kier alpha value is -1.55. The topological polar surface area (TPSA) is 49.8 Å². The summed E-state index contributed by atoms with van der Waals surface area (Å²) in [5, 5.41) is 9.76. The van der Waals surface area contributed by atoms with Gasteiger partial charge in [0.05, 0.1) is 11.7 Å². The molecule has 2 rings (SSSR count). The van der Waals surface area contributed by atoms with Crippen LogP contribution in [0.1, 0.15) is 28.8 Å². The Kier molecular flexibility index (Phi) is 3.87. The molecule has 4 heteroatoms. The SMILES string of the molecule is COC1CCN(C(=O)c2cc(C)ccc2O)CC1. The van der Waals surface area contributed by atoms with Crippen LogP contribution in [0.2, 0.25) is 0 Å². The molecule has 1 aromatic carbocycles. The van der Waals surface area contributed by atoms with Crippen LogP contribution in [-0.4, -0.2) is 42.2 Å². The van der Waals surface area contributed by atoms with Crippen LogP contribution < -0.4 is 0 Å². The molecule has 0 aliphatic carbocycles. The Morgan fingerprint density at radius 2 is 2.06 bits per heavy atom. The highest BCUT2D eigenvalue weighted by Gasteiger charge is 2.24. The number of aryl methyl sites for hydroxylation is 1. The molecule has 1 fully saturated rings. The molecule has 0 saturated carbocycles. The average molecular weight is 249 g/mol. The molecule has 0 radical (unpaired) electrons. The number of phenols is 1. The van der Waals surface area contributed by atoms with Gasteiger partial charge in [0.2, 0.25) is 0 Å². The first-order valence-corrected chi connectivity index (χ1v) is 6.23. The van der Waals surface area contributed by atoms with Crippen LogP contribution in [0, 0.1) is 6.92 Å². The monoisotopic (exact) mass is 249 g/mol. The first-order valence-electron chi connectivity index (χ1n) is 6.23. The predicted molar refractivity (Wildman–Crippen MR) is 68.8 cm³/mol. The van der Waals surface area contributed by atoms with Gasteiger partial charge in [-0.2, -0.15) is 0 Å². The molecule has 1 N–H and O–H groups in total. The molecule has 4 nitrogen and oxygen atoms in total. The number of carbonyl (C=O) groups excluding carboxylic acids is 1. The van der Waals surface area contributed by atoms with Crippen LogP contribution in [0.3, 0.4) is 0 Å². The number of piperidine rings is 1. The lowest BCUT2D eigenvalue weighted by Gasteiger charge is -2.31. The minimum absolute atomic E-state index is 0.0551. The maximum absolute atomic E-state index is 12.3. The summed E-state index contributed by atoms with van der Waals surface area (Å²) in [5.74, 6) is -0.0368. The normalized spacial score (nSPS) is 16.9. The van der Waals surface area contributed by atoms with Crippen molar-refractivity contribution in [3.8, 4) is 5.75 Å². The fourth-order valence-corrected chi connectivity index (χ4v) is 2.29. The number of rotatable bonds is 2. The van der Waals surface area contributed by atoms with E-state index in [4.69, 9.17) is 4.74 Å². The van der Waals surface area contributed by atoms with Gasteiger partial charge in [0, 0.05) is 20.2 Å². The van der Waals surface area contributed by atoms with Crippen LogP contribution in [-0.2, 0) is 4.74 Å². The number of nitrogens with zero attached hydrogens (tertiary/aromatic N) is 1. The smallest absolute Gasteiger partial charge is 0.257 e. The largest absolute Gasteiger partial charge is 0.507 e. The van der Waals surface area contributed by atoms with Crippen LogP contribution >= 0.6 is 0 Å². The molecule has 1 aliphatic heterocycles. The van der Waals surface area contributed by atoms with Crippen molar-refractivity contribution in [2.24, 2.45) is 0 Å². The predicted octanol–water partition coefficient (Wildman–Crippen LogP) is 1.95. The molecule has 0 aromatic heterocycles. The third kappa shape index (κ3) is 2.64. The zero-order valence-electron chi connectivity index (χ0n) is 10.8. The zero-order chi connectivity index (χ0) is 13.1. The van der Waals surface area contributed by atoms with E-state index >= 15 is 0 Å². The third-order valence-electron chi connectivity index (χ3n) is 3.44. The van der Waals surface area contributed by atoms with E-state index in [1.165, 1.54) is 0 Å². The van der Waals surface area contributed by atoms with Gasteiger partial charge in [0.15, 0.2) is 0 Å². The maximum Gasteiger partial charge on any atom is 0.257 e. The van der Waals surface area contributed by atoms with Crippen LogP contribution in [0.5, 0.6) is 5.75 Å². The van der Waals surface area contributed by atoms with Gasteiger partial charge in [0.1, 0.15) is 5.75 Å². The molecular weight excluding hydrogens is 230 g/mol. The van der Waals surface area contributed by atoms with E-state index in [0.717, 1.165) is 18.4 Å². The van der Waals surface area contributed by atoms with Crippen LogP contribution in [0.25, 0.3) is 0 Å². The van der Waals surface area contributed by atoms with E-state index in [1.807, 2.05) is 6.92 Å². The minimum Gasteiger partial charge on any atom is -0.507 e. The van der Waals surface area contributed by atoms with E-state index in [0.29, 0.717) is 18.7 Å². The summed E-state index contributed by atoms with van der Waals surface area (Å²) in [6, 6.07) is 5.10. The fourth-order valence-electron chi connectivity index (χ4n) is 2.29. The highest BCUT2D eigenvalue weighted by molar-refractivity contribution is 5.97. The van der Waals surface area contributed by atoms with Crippen LogP contribution in [0.15, 0.2) is 18.2 Å². The molecule has 1 aromatic rings. The van der Waals surface area contributed by atoms with Crippen molar-refractivity contribution < 1.29 is 14.6 Å². The molecule has 1 saturated heterocycles. The first kappa shape index (κ1) is 12.9. The van der Waals surface area contributed by atoms with E-state index in [2.05, 4.69) is 0 Å². The van der Waals surface area contributed by atoms with Gasteiger partial charge in [-0.3, -0.25) is 4.79 Å². The number of aromatic hydroxyl groups is 1. The zero-order valence-corrected chi connectivity index (χ0v) is 10.8. The molecule has 0 unspecified atom stereocenters. The van der Waals surface area contributed by atoms with Gasteiger partial charge in [-0.15, -0.1) is 0 Å². The Morgan fingerprint density at radius 3 is 2.67 bits per heavy atom. The summed E-state index contributed by atoms with van der Waals surface area (Å²) in [6.45, 7) is 3.28. The second-order valence-corrected chi connectivity index (χ2v) is 4.75. The average Bonchev–Trinajstić information content (AvgIpc) is 2.41. The summed E-state index contributed by atoms with van der Waals surface area (Å²) in [7, 11) is 1.70. The van der Waals surface area contributed by atoms with Gasteiger partial charge in [-0.05, 0) is 31.9 Å². The minimum atomic E-state index is -0.0919. The standard InChI is InChI=1S/C14H19NO3/c1-10-3-4-13(16)12(9-10)14(17)15-7-5-11(18-2)6-8-15/h3-4,9,11,16H,5-8H2,1-2H3. The quantitative estimate of drug-likeness (QED) is 0.871. The molecule has 1 heterocycles. The molecule has 98 valence electrons. The lowest BCUT2D eigenvalue weighted by atomic mass is 10.0. The number of benzene rings is 1. The van der Waals surface area contributed by atoms with Crippen molar-refractivity contribution in [3.05, 3.63) is 29.3 Å². The van der Waals surface area contributed by atoms with E-state index in [1.54, 1.807) is 30.2 Å². The Morgan fingerprint density at radius 1 is 1.39 bits per heavy atom. The second-order valence-electron chi connectivity index (χ2n) is 4.75. The van der Waals surface area contributed by atoms with Gasteiger partial charge in [-0.25, -0.2) is 0 Å². The Bertz CT molecular complexity index is 437. The number of ether oxygens (including phenoxy) is 1. The van der Waals surface area contributed by atoms with E-state index in [-0.39, 0.29) is 17.8 Å². The summed E-state index contributed by atoms with van der Waals surface area (Å²) >= 11 is 0. The van der Waals surface area contributed by atoms with Crippen molar-refractivity contribution in [1.82, 2.24) is 4.90 Å². The van der Waals surface area contributed by atoms with Gasteiger partial charge in [-0.1, -0.05) is 11.6 Å². The number of hydrogen-bond acceptors (Lipinski definition) is 3. The van der Waals surface area contributed by atoms with Gasteiger partial charge < -0.3 is 14.7 Å². The first-order chi connectivity index (χ1) is 8.61. The van der Waals surface area contributed by atoms with E-state index in [9.17, 15) is 9.90 Å². The van der Waals surface area contributed by atoms with Crippen molar-refractivity contribution >= 4 is 5.91 Å². The molecular formula is C14H19NO3. The number of likely N-dealkylation sites (tertiary alicyclic amines) is 1. The van der Waals surface area contributed by atoms with Crippen molar-refractivity contribution in [2.75, 3.05) is 20.2 Å². The van der Waals surface area contributed by atoms with Crippen molar-refractivity contribution in [1.29, 1.82) is 0 Å². The summed E-state index contributed by atoms with van der Waals surface area (Å²) in [4.78, 5) is 14.1. The van der Waals surface area contributed by atoms with Crippen molar-refractivity contribution in [2.45, 2.75) is 25.9 Å². The Balaban J connectivity index is 2.10. The Labute approximate surface area is 107 Å². The molecule has 1 aliphatic rings. The van der Waals surface area contributed by atoms with Crippen LogP contribution in [0.4, 0.5) is 0 Å². The lowest BCUT2D eigenvalue weighted by molar-refractivity contribution is 0.0349. The number of methoxy groups -OCH3 is 1. The summed E-state index contributed by atoms with van der Waals surface area (Å²) < 4.78 is 5.28. The maximum atomic E-state index is 12.3. The highest BCUT2D eigenvalue weighted by Crippen LogP contribution is 2.22. The van der Waals surface area contributed by atoms with Gasteiger partial charge in [0.25, 0.3) is 5.91 Å². The fraction of sp³-hybridized carbons (Fsp3) is 0.500. The van der Waals surface area contributed by atoms with E-state index < -0.39 is 0 Å². The summed E-state index contributed by atoms with van der Waals surface area (Å²) in [5.41, 5.74) is 1.37. The molecule has 0 spiro atoms. The number of carbonyl (C=O) groups is 1. The number of amides is 1. The van der Waals surface area contributed by atoms with Gasteiger partial charge >= 0.3 is 0 Å². The number of phenolic OH excluding ortho intramolecular Hbond substituents is 1. The second kappa shape index (κ2) is 5.40. The lowest BCUT2D eigenvalue weighted by Crippen LogP contribution is -2.40.